The van der Waals surface area contributed by atoms with Crippen LogP contribution in [0.1, 0.15) is 63.6 Å². The summed E-state index contributed by atoms with van der Waals surface area (Å²) in [6.07, 6.45) is 6.92. The van der Waals surface area contributed by atoms with Crippen molar-refractivity contribution in [2.45, 2.75) is 64.3 Å². The molecule has 0 amide bonds. The number of likely N-dealkylation sites (N-methyl/N-ethyl adjacent to an activating group) is 1. The summed E-state index contributed by atoms with van der Waals surface area (Å²) in [5.74, 6) is 2.15. The van der Waals surface area contributed by atoms with Gasteiger partial charge in [-0.2, -0.15) is 4.98 Å². The molecule has 96 valence electrons. The Kier molecular flexibility index (Phi) is 4.54. The molecule has 0 bridgehead atoms. The maximum Gasteiger partial charge on any atom is 0.231 e. The smallest absolute Gasteiger partial charge is 0.231 e. The zero-order valence-electron chi connectivity index (χ0n) is 10.9. The van der Waals surface area contributed by atoms with E-state index >= 15 is 0 Å². The molecule has 0 radical (unpaired) electrons. The summed E-state index contributed by atoms with van der Waals surface area (Å²) in [4.78, 5) is 4.54. The van der Waals surface area contributed by atoms with Gasteiger partial charge in [-0.25, -0.2) is 0 Å². The topological polar surface area (TPSA) is 51.0 Å². The number of rotatable bonds is 6. The van der Waals surface area contributed by atoms with Crippen molar-refractivity contribution in [2.75, 3.05) is 6.54 Å². The predicted molar refractivity (Wildman–Crippen MR) is 67.0 cm³/mol. The first-order valence-corrected chi connectivity index (χ1v) is 6.91. The molecule has 4 nitrogen and oxygen atoms in total. The van der Waals surface area contributed by atoms with Crippen LogP contribution in [0.15, 0.2) is 4.52 Å². The van der Waals surface area contributed by atoms with Gasteiger partial charge in [0.25, 0.3) is 0 Å². The predicted octanol–water partition coefficient (Wildman–Crippen LogP) is 2.66. The summed E-state index contributed by atoms with van der Waals surface area (Å²) in [6.45, 7) is 5.34. The summed E-state index contributed by atoms with van der Waals surface area (Å²) < 4.78 is 5.42. The summed E-state index contributed by atoms with van der Waals surface area (Å²) in [7, 11) is 0. The van der Waals surface area contributed by atoms with E-state index in [9.17, 15) is 0 Å². The molecule has 0 saturated heterocycles. The fourth-order valence-corrected chi connectivity index (χ4v) is 2.62. The average molecular weight is 237 g/mol. The van der Waals surface area contributed by atoms with Crippen LogP contribution in [0.3, 0.4) is 0 Å². The number of nitrogens with one attached hydrogen (secondary N) is 1. The number of aryl methyl sites for hydroxylation is 1. The standard InChI is InChI=1S/C13H23N3O/c1-3-5-9-12-15-13(17-16-12)10-7-6-8-11(10)14-4-2/h10-11,14H,3-9H2,1-2H3. The van der Waals surface area contributed by atoms with Gasteiger partial charge in [-0.3, -0.25) is 0 Å². The Morgan fingerprint density at radius 3 is 3.00 bits per heavy atom. The van der Waals surface area contributed by atoms with Crippen molar-refractivity contribution in [2.24, 2.45) is 0 Å². The zero-order valence-corrected chi connectivity index (χ0v) is 10.9. The molecule has 1 aliphatic rings. The highest BCUT2D eigenvalue weighted by Crippen LogP contribution is 2.33. The van der Waals surface area contributed by atoms with E-state index in [0.717, 1.165) is 31.1 Å². The Bertz CT molecular complexity index is 337. The lowest BCUT2D eigenvalue weighted by molar-refractivity contribution is 0.329. The minimum absolute atomic E-state index is 0.429. The first kappa shape index (κ1) is 12.6. The van der Waals surface area contributed by atoms with Gasteiger partial charge in [0, 0.05) is 12.5 Å². The quantitative estimate of drug-likeness (QED) is 0.826. The molecule has 2 rings (SSSR count). The van der Waals surface area contributed by atoms with Crippen LogP contribution < -0.4 is 5.32 Å². The normalized spacial score (nSPS) is 24.4. The fraction of sp³-hybridized carbons (Fsp3) is 0.846. The summed E-state index contributed by atoms with van der Waals surface area (Å²) in [6, 6.07) is 0.527. The van der Waals surface area contributed by atoms with E-state index in [1.165, 1.54) is 25.7 Å². The molecule has 1 aromatic rings. The van der Waals surface area contributed by atoms with E-state index in [0.29, 0.717) is 12.0 Å². The third-order valence-electron chi connectivity index (χ3n) is 3.54. The minimum atomic E-state index is 0.429. The molecule has 1 aromatic heterocycles. The van der Waals surface area contributed by atoms with Crippen molar-refractivity contribution in [1.82, 2.24) is 15.5 Å². The molecule has 0 aliphatic heterocycles. The van der Waals surface area contributed by atoms with Gasteiger partial charge in [0.2, 0.25) is 5.89 Å². The first-order chi connectivity index (χ1) is 8.35. The van der Waals surface area contributed by atoms with Crippen LogP contribution in [0, 0.1) is 0 Å². The lowest BCUT2D eigenvalue weighted by atomic mass is 10.0. The number of aromatic nitrogens is 2. The molecule has 1 aliphatic carbocycles. The highest BCUT2D eigenvalue weighted by molar-refractivity contribution is 5.03. The van der Waals surface area contributed by atoms with Gasteiger partial charge in [0.15, 0.2) is 5.82 Å². The highest BCUT2D eigenvalue weighted by Gasteiger charge is 2.32. The second kappa shape index (κ2) is 6.15. The molecule has 1 fully saturated rings. The van der Waals surface area contributed by atoms with Gasteiger partial charge in [-0.15, -0.1) is 0 Å². The number of unbranched alkanes of at least 4 members (excludes halogenated alkanes) is 1. The maximum atomic E-state index is 5.42. The van der Waals surface area contributed by atoms with Crippen LogP contribution >= 0.6 is 0 Å². The Labute approximate surface area is 103 Å². The van der Waals surface area contributed by atoms with Crippen LogP contribution in [-0.2, 0) is 6.42 Å². The van der Waals surface area contributed by atoms with Gasteiger partial charge in [0.05, 0.1) is 5.92 Å². The lowest BCUT2D eigenvalue weighted by Gasteiger charge is -2.16. The summed E-state index contributed by atoms with van der Waals surface area (Å²) in [5.41, 5.74) is 0. The van der Waals surface area contributed by atoms with Crippen LogP contribution in [0.4, 0.5) is 0 Å². The number of hydrogen-bond donors (Lipinski definition) is 1. The van der Waals surface area contributed by atoms with E-state index in [4.69, 9.17) is 4.52 Å². The Morgan fingerprint density at radius 1 is 1.35 bits per heavy atom. The molecule has 0 spiro atoms. The summed E-state index contributed by atoms with van der Waals surface area (Å²) >= 11 is 0. The molecule has 0 aromatic carbocycles. The third kappa shape index (κ3) is 3.06. The van der Waals surface area contributed by atoms with Crippen LogP contribution in [0.25, 0.3) is 0 Å². The van der Waals surface area contributed by atoms with Crippen molar-refractivity contribution in [1.29, 1.82) is 0 Å². The Balaban J connectivity index is 1.98. The molecule has 1 saturated carbocycles. The Hall–Kier alpha value is -0.900. The van der Waals surface area contributed by atoms with Gasteiger partial charge in [-0.05, 0) is 25.8 Å². The van der Waals surface area contributed by atoms with E-state index in [1.807, 2.05) is 0 Å². The molecule has 4 heteroatoms. The van der Waals surface area contributed by atoms with Crippen LogP contribution in [0.5, 0.6) is 0 Å². The van der Waals surface area contributed by atoms with E-state index in [1.54, 1.807) is 0 Å². The van der Waals surface area contributed by atoms with Crippen LogP contribution in [0.2, 0.25) is 0 Å². The second-order valence-electron chi connectivity index (χ2n) is 4.85. The van der Waals surface area contributed by atoms with E-state index in [2.05, 4.69) is 29.3 Å². The molecular weight excluding hydrogens is 214 g/mol. The lowest BCUT2D eigenvalue weighted by Crippen LogP contribution is -2.31. The molecule has 1 heterocycles. The fourth-order valence-electron chi connectivity index (χ4n) is 2.62. The molecule has 2 unspecified atom stereocenters. The second-order valence-corrected chi connectivity index (χ2v) is 4.85. The van der Waals surface area contributed by atoms with Crippen molar-refractivity contribution in [3.8, 4) is 0 Å². The van der Waals surface area contributed by atoms with E-state index < -0.39 is 0 Å². The monoisotopic (exact) mass is 237 g/mol. The average Bonchev–Trinajstić information content (AvgIpc) is 2.95. The van der Waals surface area contributed by atoms with Gasteiger partial charge >= 0.3 is 0 Å². The molecule has 2 atom stereocenters. The minimum Gasteiger partial charge on any atom is -0.339 e. The van der Waals surface area contributed by atoms with Crippen molar-refractivity contribution in [3.05, 3.63) is 11.7 Å². The van der Waals surface area contributed by atoms with Crippen LogP contribution in [-0.4, -0.2) is 22.7 Å². The first-order valence-electron chi connectivity index (χ1n) is 6.91. The van der Waals surface area contributed by atoms with Crippen molar-refractivity contribution in [3.63, 3.8) is 0 Å². The van der Waals surface area contributed by atoms with Crippen molar-refractivity contribution < 1.29 is 4.52 Å². The molecule has 1 N–H and O–H groups in total. The molecule has 17 heavy (non-hydrogen) atoms. The third-order valence-corrected chi connectivity index (χ3v) is 3.54. The highest BCUT2D eigenvalue weighted by atomic mass is 16.5. The van der Waals surface area contributed by atoms with Gasteiger partial charge < -0.3 is 9.84 Å². The zero-order chi connectivity index (χ0) is 12.1. The van der Waals surface area contributed by atoms with Gasteiger partial charge in [-0.1, -0.05) is 31.8 Å². The van der Waals surface area contributed by atoms with E-state index in [-0.39, 0.29) is 0 Å². The Morgan fingerprint density at radius 2 is 2.24 bits per heavy atom. The number of hydrogen-bond acceptors (Lipinski definition) is 4. The SMILES string of the molecule is CCCCc1noc(C2CCCC2NCC)n1. The number of nitrogens with zero attached hydrogens (tertiary/aromatic N) is 2. The van der Waals surface area contributed by atoms with Gasteiger partial charge in [0.1, 0.15) is 0 Å². The summed E-state index contributed by atoms with van der Waals surface area (Å²) in [5, 5.41) is 7.60. The van der Waals surface area contributed by atoms with Crippen molar-refractivity contribution >= 4 is 0 Å². The molecular formula is C13H23N3O. The maximum absolute atomic E-state index is 5.42. The largest absolute Gasteiger partial charge is 0.339 e.